The van der Waals surface area contributed by atoms with Crippen molar-refractivity contribution in [3.63, 3.8) is 0 Å². The molecule has 1 aliphatic carbocycles. The van der Waals surface area contributed by atoms with Crippen LogP contribution in [-0.2, 0) is 6.42 Å². The third-order valence-electron chi connectivity index (χ3n) is 6.81. The smallest absolute Gasteiger partial charge is 0.271 e. The van der Waals surface area contributed by atoms with Gasteiger partial charge in [0.05, 0.1) is 30.5 Å². The van der Waals surface area contributed by atoms with Gasteiger partial charge in [-0.25, -0.2) is 4.99 Å². The van der Waals surface area contributed by atoms with Crippen molar-refractivity contribution in [1.82, 2.24) is 4.57 Å². The van der Waals surface area contributed by atoms with Gasteiger partial charge in [-0.3, -0.25) is 9.36 Å². The highest BCUT2D eigenvalue weighted by molar-refractivity contribution is 7.07. The van der Waals surface area contributed by atoms with Crippen molar-refractivity contribution in [2.24, 2.45) is 4.99 Å². The second-order valence-electron chi connectivity index (χ2n) is 8.82. The molecule has 7 heteroatoms. The molecule has 1 atom stereocenters. The van der Waals surface area contributed by atoms with Gasteiger partial charge in [0.25, 0.3) is 5.56 Å². The number of rotatable bonds is 4. The van der Waals surface area contributed by atoms with E-state index >= 15 is 0 Å². The van der Waals surface area contributed by atoms with E-state index < -0.39 is 0 Å². The first kappa shape index (κ1) is 22.4. The van der Waals surface area contributed by atoms with E-state index in [0.29, 0.717) is 15.1 Å². The number of ether oxygens (including phenoxy) is 2. The molecule has 2 aliphatic rings. The van der Waals surface area contributed by atoms with E-state index in [-0.39, 0.29) is 17.4 Å². The molecule has 4 aromatic rings. The molecule has 6 rings (SSSR count). The summed E-state index contributed by atoms with van der Waals surface area (Å²) in [5, 5.41) is 9.95. The molecule has 1 N–H and O–H groups in total. The number of aryl methyl sites for hydroxylation is 1. The number of methoxy groups -OCH3 is 2. The van der Waals surface area contributed by atoms with Crippen LogP contribution in [0.1, 0.15) is 34.7 Å². The minimum atomic E-state index is -0.244. The lowest BCUT2D eigenvalue weighted by Gasteiger charge is -2.30. The standard InChI is InChI=1S/C29H24N2O4S/c1-34-20-11-8-19(9-12-20)27-22-13-10-18-5-3-4-6-21(18)26(22)30-29-31(27)28(33)25(36-29)16-17-7-14-23(32)24(15-17)35-2/h3-9,11-12,14-16,27,32H,10,13H2,1-2H3/b25-16-/t27-/m0/s1. The molecule has 2 heterocycles. The Hall–Kier alpha value is -4.10. The molecule has 0 saturated heterocycles. The normalized spacial score (nSPS) is 16.6. The molecule has 0 unspecified atom stereocenters. The summed E-state index contributed by atoms with van der Waals surface area (Å²) in [7, 11) is 3.15. The Morgan fingerprint density at radius 3 is 2.61 bits per heavy atom. The number of hydrogen-bond donors (Lipinski definition) is 1. The number of aromatic hydroxyl groups is 1. The molecule has 0 radical (unpaired) electrons. The molecular weight excluding hydrogens is 472 g/mol. The fraction of sp³-hybridized carbons (Fsp3) is 0.172. The van der Waals surface area contributed by atoms with Gasteiger partial charge in [0.15, 0.2) is 16.3 Å². The predicted octanol–water partition coefficient (Wildman–Crippen LogP) is 4.04. The quantitative estimate of drug-likeness (QED) is 0.463. The number of benzene rings is 3. The van der Waals surface area contributed by atoms with E-state index in [4.69, 9.17) is 14.5 Å². The Morgan fingerprint density at radius 2 is 1.83 bits per heavy atom. The minimum absolute atomic E-state index is 0.0574. The SMILES string of the molecule is COc1ccc([C@H]2C3=C(N=c4s/c(=C\c5ccc(O)c(OC)c5)c(=O)n42)c2ccccc2CC3)cc1. The highest BCUT2D eigenvalue weighted by Crippen LogP contribution is 2.41. The molecule has 0 amide bonds. The van der Waals surface area contributed by atoms with Crippen molar-refractivity contribution < 1.29 is 14.6 Å². The molecule has 0 saturated carbocycles. The van der Waals surface area contributed by atoms with Crippen molar-refractivity contribution in [2.75, 3.05) is 14.2 Å². The van der Waals surface area contributed by atoms with Crippen LogP contribution < -0.4 is 24.4 Å². The van der Waals surface area contributed by atoms with Crippen LogP contribution in [0, 0.1) is 0 Å². The highest BCUT2D eigenvalue weighted by Gasteiger charge is 2.32. The van der Waals surface area contributed by atoms with Gasteiger partial charge < -0.3 is 14.6 Å². The molecule has 3 aromatic carbocycles. The lowest BCUT2D eigenvalue weighted by molar-refractivity contribution is 0.373. The van der Waals surface area contributed by atoms with Gasteiger partial charge in [-0.2, -0.15) is 0 Å². The van der Waals surface area contributed by atoms with Gasteiger partial charge >= 0.3 is 0 Å². The van der Waals surface area contributed by atoms with E-state index in [1.54, 1.807) is 25.3 Å². The molecule has 0 fully saturated rings. The Balaban J connectivity index is 1.59. The maximum Gasteiger partial charge on any atom is 0.271 e. The van der Waals surface area contributed by atoms with Gasteiger partial charge in [0.1, 0.15) is 5.75 Å². The van der Waals surface area contributed by atoms with Crippen LogP contribution in [0.25, 0.3) is 11.8 Å². The first-order valence-corrected chi connectivity index (χ1v) is 12.5. The molecule has 6 nitrogen and oxygen atoms in total. The second-order valence-corrected chi connectivity index (χ2v) is 9.83. The Bertz CT molecular complexity index is 1700. The van der Waals surface area contributed by atoms with Crippen LogP contribution in [0.3, 0.4) is 0 Å². The summed E-state index contributed by atoms with van der Waals surface area (Å²) in [5.74, 6) is 1.19. The highest BCUT2D eigenvalue weighted by atomic mass is 32.1. The Kier molecular flexibility index (Phi) is 5.49. The first-order chi connectivity index (χ1) is 17.6. The summed E-state index contributed by atoms with van der Waals surface area (Å²) < 4.78 is 13.0. The maximum absolute atomic E-state index is 13.8. The molecule has 180 valence electrons. The van der Waals surface area contributed by atoms with Crippen molar-refractivity contribution in [3.05, 3.63) is 114 Å². The number of thiazole rings is 1. The van der Waals surface area contributed by atoms with Gasteiger partial charge in [0, 0.05) is 5.56 Å². The van der Waals surface area contributed by atoms with Crippen LogP contribution >= 0.6 is 11.3 Å². The largest absolute Gasteiger partial charge is 0.504 e. The zero-order chi connectivity index (χ0) is 24.8. The average Bonchev–Trinajstić information content (AvgIpc) is 3.22. The number of phenols is 1. The summed E-state index contributed by atoms with van der Waals surface area (Å²) in [4.78, 5) is 19.5. The Morgan fingerprint density at radius 1 is 1.03 bits per heavy atom. The maximum atomic E-state index is 13.8. The molecule has 36 heavy (non-hydrogen) atoms. The van der Waals surface area contributed by atoms with Crippen LogP contribution in [0.4, 0.5) is 0 Å². The predicted molar refractivity (Wildman–Crippen MR) is 140 cm³/mol. The molecular formula is C29H24N2O4S. The number of aromatic nitrogens is 1. The van der Waals surface area contributed by atoms with E-state index in [9.17, 15) is 9.90 Å². The van der Waals surface area contributed by atoms with Crippen LogP contribution in [0.15, 0.2) is 82.1 Å². The first-order valence-electron chi connectivity index (χ1n) is 11.7. The van der Waals surface area contributed by atoms with Crippen molar-refractivity contribution in [3.8, 4) is 17.2 Å². The van der Waals surface area contributed by atoms with E-state index in [1.165, 1.54) is 24.0 Å². The number of allylic oxidation sites excluding steroid dienone is 1. The zero-order valence-electron chi connectivity index (χ0n) is 19.9. The van der Waals surface area contributed by atoms with Gasteiger partial charge in [-0.1, -0.05) is 53.8 Å². The van der Waals surface area contributed by atoms with Crippen molar-refractivity contribution in [1.29, 1.82) is 0 Å². The van der Waals surface area contributed by atoms with Crippen LogP contribution in [0.5, 0.6) is 17.2 Å². The monoisotopic (exact) mass is 496 g/mol. The summed E-state index contributed by atoms with van der Waals surface area (Å²) in [5.41, 5.74) is 6.25. The summed E-state index contributed by atoms with van der Waals surface area (Å²) in [6.07, 6.45) is 3.58. The van der Waals surface area contributed by atoms with Gasteiger partial charge in [-0.15, -0.1) is 0 Å². The lowest BCUT2D eigenvalue weighted by Crippen LogP contribution is -2.38. The fourth-order valence-corrected chi connectivity index (χ4v) is 6.04. The van der Waals surface area contributed by atoms with Crippen molar-refractivity contribution in [2.45, 2.75) is 18.9 Å². The second kappa shape index (κ2) is 8.84. The number of fused-ring (bicyclic) bond motifs is 3. The minimum Gasteiger partial charge on any atom is -0.504 e. The molecule has 0 spiro atoms. The molecule has 0 bridgehead atoms. The van der Waals surface area contributed by atoms with E-state index in [0.717, 1.165) is 46.6 Å². The summed E-state index contributed by atoms with van der Waals surface area (Å²) in [6.45, 7) is 0. The van der Waals surface area contributed by atoms with E-state index in [2.05, 4.69) is 18.2 Å². The topological polar surface area (TPSA) is 73.1 Å². The van der Waals surface area contributed by atoms with Gasteiger partial charge in [-0.05, 0) is 65.4 Å². The van der Waals surface area contributed by atoms with E-state index in [1.807, 2.05) is 41.0 Å². The number of hydrogen-bond acceptors (Lipinski definition) is 6. The number of nitrogens with zero attached hydrogens (tertiary/aromatic N) is 2. The third kappa shape index (κ3) is 3.63. The third-order valence-corrected chi connectivity index (χ3v) is 7.79. The number of phenolic OH excluding ortho intramolecular Hbond substituents is 1. The lowest BCUT2D eigenvalue weighted by atomic mass is 9.83. The summed E-state index contributed by atoms with van der Waals surface area (Å²) >= 11 is 1.38. The zero-order valence-corrected chi connectivity index (χ0v) is 20.7. The van der Waals surface area contributed by atoms with Crippen LogP contribution in [0.2, 0.25) is 0 Å². The fourth-order valence-electron chi connectivity index (χ4n) is 5.04. The summed E-state index contributed by atoms with van der Waals surface area (Å²) in [6, 6.07) is 21.1. The average molecular weight is 497 g/mol. The molecule has 1 aliphatic heterocycles. The molecule has 1 aromatic heterocycles. The van der Waals surface area contributed by atoms with Crippen molar-refractivity contribution >= 4 is 23.1 Å². The van der Waals surface area contributed by atoms with Crippen LogP contribution in [-0.4, -0.2) is 23.9 Å². The van der Waals surface area contributed by atoms with Gasteiger partial charge in [0.2, 0.25) is 0 Å². The Labute approximate surface area is 211 Å².